The minimum atomic E-state index is 0.0510. The Morgan fingerprint density at radius 1 is 1.44 bits per heavy atom. The second kappa shape index (κ2) is 5.15. The number of ether oxygens (including phenoxy) is 2. The van der Waals surface area contributed by atoms with Crippen molar-refractivity contribution in [2.24, 2.45) is 0 Å². The molecule has 0 amide bonds. The fraction of sp³-hybridized carbons (Fsp3) is 0.615. The zero-order chi connectivity index (χ0) is 12.4. The minimum Gasteiger partial charge on any atom is -0.487 e. The number of rotatable bonds is 2. The van der Waals surface area contributed by atoms with Crippen molar-refractivity contribution in [3.8, 4) is 5.75 Å². The maximum absolute atomic E-state index is 6.01. The summed E-state index contributed by atoms with van der Waals surface area (Å²) in [5.41, 5.74) is 0.0510. The first-order chi connectivity index (χ1) is 8.77. The van der Waals surface area contributed by atoms with Gasteiger partial charge < -0.3 is 14.8 Å². The number of piperidine rings is 1. The van der Waals surface area contributed by atoms with Gasteiger partial charge >= 0.3 is 0 Å². The van der Waals surface area contributed by atoms with Crippen LogP contribution >= 0.6 is 15.9 Å². The van der Waals surface area contributed by atoms with Crippen molar-refractivity contribution in [1.82, 2.24) is 10.3 Å². The van der Waals surface area contributed by atoms with Crippen LogP contribution in [0.15, 0.2) is 22.9 Å². The van der Waals surface area contributed by atoms with E-state index in [-0.39, 0.29) is 11.7 Å². The summed E-state index contributed by atoms with van der Waals surface area (Å²) in [6.07, 6.45) is 6.82. The van der Waals surface area contributed by atoms with Gasteiger partial charge in [-0.05, 0) is 47.9 Å². The summed E-state index contributed by atoms with van der Waals surface area (Å²) in [6.45, 7) is 2.78. The first kappa shape index (κ1) is 12.4. The Kier molecular flexibility index (Phi) is 3.54. The standard InChI is InChI=1S/C13H17BrN2O2/c14-11-8-16-4-1-12(11)18-10-7-13(17-9-10)2-5-15-6-3-13/h1,4,8,10,15H,2-3,5-7,9H2. The predicted molar refractivity (Wildman–Crippen MR) is 71.8 cm³/mol. The molecule has 1 spiro atoms. The molecule has 0 bridgehead atoms. The average molecular weight is 313 g/mol. The van der Waals surface area contributed by atoms with Gasteiger partial charge in [0.15, 0.2) is 0 Å². The van der Waals surface area contributed by atoms with Crippen LogP contribution in [0.3, 0.4) is 0 Å². The first-order valence-electron chi connectivity index (χ1n) is 6.38. The van der Waals surface area contributed by atoms with Crippen molar-refractivity contribution < 1.29 is 9.47 Å². The highest BCUT2D eigenvalue weighted by molar-refractivity contribution is 9.10. The predicted octanol–water partition coefficient (Wildman–Crippen LogP) is 2.13. The zero-order valence-corrected chi connectivity index (χ0v) is 11.8. The summed E-state index contributed by atoms with van der Waals surface area (Å²) in [7, 11) is 0. The molecule has 0 radical (unpaired) electrons. The second-order valence-electron chi connectivity index (χ2n) is 4.99. The van der Waals surface area contributed by atoms with Crippen LogP contribution in [0.2, 0.25) is 0 Å². The molecule has 98 valence electrons. The molecule has 0 aromatic carbocycles. The van der Waals surface area contributed by atoms with Crippen LogP contribution in [0, 0.1) is 0 Å². The summed E-state index contributed by atoms with van der Waals surface area (Å²) < 4.78 is 12.9. The Balaban J connectivity index is 1.64. The third-order valence-electron chi connectivity index (χ3n) is 3.72. The van der Waals surface area contributed by atoms with Crippen LogP contribution in [-0.2, 0) is 4.74 Å². The summed E-state index contributed by atoms with van der Waals surface area (Å²) in [4.78, 5) is 4.04. The number of nitrogens with zero attached hydrogens (tertiary/aromatic N) is 1. The number of nitrogens with one attached hydrogen (secondary N) is 1. The summed E-state index contributed by atoms with van der Waals surface area (Å²) in [5, 5.41) is 3.37. The summed E-state index contributed by atoms with van der Waals surface area (Å²) >= 11 is 3.45. The van der Waals surface area contributed by atoms with Crippen LogP contribution in [-0.4, -0.2) is 36.4 Å². The van der Waals surface area contributed by atoms with Crippen molar-refractivity contribution in [2.45, 2.75) is 31.0 Å². The van der Waals surface area contributed by atoms with E-state index in [1.165, 1.54) is 0 Å². The average Bonchev–Trinajstić information content (AvgIpc) is 2.76. The van der Waals surface area contributed by atoms with Crippen molar-refractivity contribution >= 4 is 15.9 Å². The van der Waals surface area contributed by atoms with Gasteiger partial charge in [-0.3, -0.25) is 4.98 Å². The Hall–Kier alpha value is -0.650. The Labute approximate surface area is 115 Å². The van der Waals surface area contributed by atoms with Gasteiger partial charge in [-0.2, -0.15) is 0 Å². The molecule has 2 fully saturated rings. The number of hydrogen-bond acceptors (Lipinski definition) is 4. The van der Waals surface area contributed by atoms with E-state index < -0.39 is 0 Å². The van der Waals surface area contributed by atoms with E-state index in [2.05, 4.69) is 26.2 Å². The largest absolute Gasteiger partial charge is 0.487 e. The van der Waals surface area contributed by atoms with Gasteiger partial charge in [0.2, 0.25) is 0 Å². The highest BCUT2D eigenvalue weighted by Gasteiger charge is 2.42. The van der Waals surface area contributed by atoms with Crippen LogP contribution in [0.1, 0.15) is 19.3 Å². The fourth-order valence-corrected chi connectivity index (χ4v) is 3.09. The van der Waals surface area contributed by atoms with E-state index in [0.29, 0.717) is 6.61 Å². The van der Waals surface area contributed by atoms with Crippen LogP contribution in [0.4, 0.5) is 0 Å². The normalized spacial score (nSPS) is 26.4. The van der Waals surface area contributed by atoms with Gasteiger partial charge in [0.1, 0.15) is 11.9 Å². The molecule has 18 heavy (non-hydrogen) atoms. The second-order valence-corrected chi connectivity index (χ2v) is 5.85. The molecule has 4 nitrogen and oxygen atoms in total. The lowest BCUT2D eigenvalue weighted by Crippen LogP contribution is -2.41. The Morgan fingerprint density at radius 3 is 3.06 bits per heavy atom. The van der Waals surface area contributed by atoms with Gasteiger partial charge in [-0.1, -0.05) is 0 Å². The van der Waals surface area contributed by atoms with E-state index in [1.807, 2.05) is 6.07 Å². The molecule has 3 heterocycles. The summed E-state index contributed by atoms with van der Waals surface area (Å²) in [5.74, 6) is 0.851. The molecule has 1 atom stereocenters. The lowest BCUT2D eigenvalue weighted by atomic mass is 9.89. The Morgan fingerprint density at radius 2 is 2.28 bits per heavy atom. The zero-order valence-electron chi connectivity index (χ0n) is 10.2. The Bertz CT molecular complexity index is 421. The highest BCUT2D eigenvalue weighted by atomic mass is 79.9. The topological polar surface area (TPSA) is 43.4 Å². The minimum absolute atomic E-state index is 0.0510. The highest BCUT2D eigenvalue weighted by Crippen LogP contribution is 2.36. The smallest absolute Gasteiger partial charge is 0.137 e. The molecular formula is C13H17BrN2O2. The SMILES string of the molecule is Brc1cnccc1OC1COC2(CCNCC2)C1. The van der Waals surface area contributed by atoms with Crippen LogP contribution in [0.25, 0.3) is 0 Å². The van der Waals surface area contributed by atoms with Gasteiger partial charge in [0, 0.05) is 18.8 Å². The molecule has 5 heteroatoms. The van der Waals surface area contributed by atoms with Crippen LogP contribution in [0.5, 0.6) is 5.75 Å². The maximum atomic E-state index is 6.01. The fourth-order valence-electron chi connectivity index (χ4n) is 2.75. The molecule has 1 aromatic heterocycles. The van der Waals surface area contributed by atoms with Crippen molar-refractivity contribution in [1.29, 1.82) is 0 Å². The molecule has 1 unspecified atom stereocenters. The number of pyridine rings is 1. The molecule has 0 saturated carbocycles. The summed E-state index contributed by atoms with van der Waals surface area (Å²) in [6, 6.07) is 1.89. The molecule has 2 aliphatic rings. The third kappa shape index (κ3) is 2.53. The number of hydrogen-bond donors (Lipinski definition) is 1. The molecule has 0 aliphatic carbocycles. The molecule has 2 saturated heterocycles. The monoisotopic (exact) mass is 312 g/mol. The van der Waals surface area contributed by atoms with E-state index >= 15 is 0 Å². The van der Waals surface area contributed by atoms with Gasteiger partial charge in [-0.15, -0.1) is 0 Å². The van der Waals surface area contributed by atoms with E-state index in [0.717, 1.165) is 42.6 Å². The first-order valence-corrected chi connectivity index (χ1v) is 7.18. The molecule has 2 aliphatic heterocycles. The van der Waals surface area contributed by atoms with Crippen molar-refractivity contribution in [3.05, 3.63) is 22.9 Å². The number of halogens is 1. The quantitative estimate of drug-likeness (QED) is 0.908. The van der Waals surface area contributed by atoms with Gasteiger partial charge in [0.25, 0.3) is 0 Å². The maximum Gasteiger partial charge on any atom is 0.137 e. The third-order valence-corrected chi connectivity index (χ3v) is 4.31. The molecule has 3 rings (SSSR count). The van der Waals surface area contributed by atoms with Crippen molar-refractivity contribution in [3.63, 3.8) is 0 Å². The lowest BCUT2D eigenvalue weighted by molar-refractivity contribution is -0.0205. The number of aromatic nitrogens is 1. The van der Waals surface area contributed by atoms with Gasteiger partial charge in [-0.25, -0.2) is 0 Å². The van der Waals surface area contributed by atoms with E-state index in [9.17, 15) is 0 Å². The molecule has 1 aromatic rings. The van der Waals surface area contributed by atoms with Gasteiger partial charge in [0.05, 0.1) is 16.7 Å². The lowest BCUT2D eigenvalue weighted by Gasteiger charge is -2.32. The van der Waals surface area contributed by atoms with E-state index in [1.54, 1.807) is 12.4 Å². The molecule has 1 N–H and O–H groups in total. The van der Waals surface area contributed by atoms with Crippen molar-refractivity contribution in [2.75, 3.05) is 19.7 Å². The molecular weight excluding hydrogens is 296 g/mol. The van der Waals surface area contributed by atoms with E-state index in [4.69, 9.17) is 9.47 Å². The van der Waals surface area contributed by atoms with Crippen LogP contribution < -0.4 is 10.1 Å².